The van der Waals surface area contributed by atoms with E-state index in [1.807, 2.05) is 6.92 Å². The first kappa shape index (κ1) is 22.7. The van der Waals surface area contributed by atoms with Crippen LogP contribution in [0.25, 0.3) is 10.9 Å². The molecule has 2 amide bonds. The Morgan fingerprint density at radius 3 is 2.89 bits per heavy atom. The summed E-state index contributed by atoms with van der Waals surface area (Å²) in [6.45, 7) is 3.13. The maximum absolute atomic E-state index is 14.7. The Balaban J connectivity index is 1.22. The molecule has 0 radical (unpaired) electrons. The number of pyridine rings is 1. The van der Waals surface area contributed by atoms with E-state index < -0.39 is 12.2 Å². The van der Waals surface area contributed by atoms with Crippen LogP contribution in [0.5, 0.6) is 5.88 Å². The molecule has 182 valence electrons. The lowest BCUT2D eigenvalue weighted by molar-refractivity contribution is -0.118. The summed E-state index contributed by atoms with van der Waals surface area (Å²) in [5.74, 6) is -0.150. The van der Waals surface area contributed by atoms with Crippen LogP contribution < -0.4 is 25.8 Å². The standard InChI is InChI=1S/C23H23FN6O5/c1-2-29-19(32)6-4-13-3-5-16(24)15(20(13)29)7-8-25-9-14-11-30(23(33)35-14)17-10-26-22-21(27-17)28-18(31)12-34-22/h3-6,10,14,25H,2,7-9,11-12H2,1H3,(H,27,28,31)/t14-/m0/s1. The van der Waals surface area contributed by atoms with E-state index in [2.05, 4.69) is 20.6 Å². The highest BCUT2D eigenvalue weighted by molar-refractivity contribution is 5.94. The number of cyclic esters (lactones) is 1. The minimum atomic E-state index is -0.582. The van der Waals surface area contributed by atoms with Gasteiger partial charge in [-0.2, -0.15) is 0 Å². The van der Waals surface area contributed by atoms with Crippen LogP contribution in [0, 0.1) is 5.82 Å². The van der Waals surface area contributed by atoms with Gasteiger partial charge in [0.2, 0.25) is 0 Å². The van der Waals surface area contributed by atoms with E-state index in [-0.39, 0.29) is 48.0 Å². The van der Waals surface area contributed by atoms with Crippen LogP contribution in [-0.4, -0.2) is 58.9 Å². The zero-order valence-electron chi connectivity index (χ0n) is 18.9. The number of amides is 2. The van der Waals surface area contributed by atoms with Gasteiger partial charge in [-0.05, 0) is 43.5 Å². The number of aryl methyl sites for hydroxylation is 1. The molecule has 1 fully saturated rings. The van der Waals surface area contributed by atoms with Crippen molar-refractivity contribution in [1.29, 1.82) is 0 Å². The highest BCUT2D eigenvalue weighted by Gasteiger charge is 2.34. The Kier molecular flexibility index (Phi) is 6.03. The number of carbonyl (C=O) groups is 2. The number of fused-ring (bicyclic) bond motifs is 2. The van der Waals surface area contributed by atoms with Gasteiger partial charge < -0.3 is 24.7 Å². The molecule has 0 spiro atoms. The lowest BCUT2D eigenvalue weighted by atomic mass is 10.1. The summed E-state index contributed by atoms with van der Waals surface area (Å²) in [6, 6.07) is 6.26. The fraction of sp³-hybridized carbons (Fsp3) is 0.348. The first-order valence-corrected chi connectivity index (χ1v) is 11.2. The van der Waals surface area contributed by atoms with E-state index in [1.54, 1.807) is 16.7 Å². The summed E-state index contributed by atoms with van der Waals surface area (Å²) >= 11 is 0. The minimum Gasteiger partial charge on any atom is -0.465 e. The molecule has 2 aliphatic rings. The van der Waals surface area contributed by atoms with Crippen molar-refractivity contribution in [3.05, 3.63) is 52.2 Å². The molecule has 0 unspecified atom stereocenters. The van der Waals surface area contributed by atoms with Crippen LogP contribution in [0.1, 0.15) is 12.5 Å². The molecule has 1 atom stereocenters. The number of halogens is 1. The Morgan fingerprint density at radius 1 is 1.23 bits per heavy atom. The van der Waals surface area contributed by atoms with Gasteiger partial charge in [-0.1, -0.05) is 0 Å². The Labute approximate surface area is 198 Å². The molecule has 0 saturated carbocycles. The molecule has 12 heteroatoms. The van der Waals surface area contributed by atoms with Crippen molar-refractivity contribution in [3.8, 4) is 5.88 Å². The van der Waals surface area contributed by atoms with E-state index in [4.69, 9.17) is 9.47 Å². The van der Waals surface area contributed by atoms with Gasteiger partial charge in [-0.25, -0.2) is 19.2 Å². The molecule has 4 heterocycles. The quantitative estimate of drug-likeness (QED) is 0.485. The molecule has 1 aromatic carbocycles. The van der Waals surface area contributed by atoms with Crippen LogP contribution in [-0.2, 0) is 22.5 Å². The molecular formula is C23H23FN6O5. The second-order valence-corrected chi connectivity index (χ2v) is 8.17. The molecule has 2 aromatic heterocycles. The normalized spacial score (nSPS) is 17.2. The number of hydrogen-bond donors (Lipinski definition) is 2. The van der Waals surface area contributed by atoms with Crippen molar-refractivity contribution in [2.24, 2.45) is 0 Å². The van der Waals surface area contributed by atoms with Gasteiger partial charge >= 0.3 is 6.09 Å². The minimum absolute atomic E-state index is 0.139. The van der Waals surface area contributed by atoms with E-state index in [0.29, 0.717) is 37.1 Å². The third-order valence-corrected chi connectivity index (χ3v) is 5.91. The molecular weight excluding hydrogens is 459 g/mol. The molecule has 5 rings (SSSR count). The van der Waals surface area contributed by atoms with E-state index in [9.17, 15) is 18.8 Å². The zero-order chi connectivity index (χ0) is 24.5. The van der Waals surface area contributed by atoms with Gasteiger partial charge in [0.25, 0.3) is 17.3 Å². The summed E-state index contributed by atoms with van der Waals surface area (Å²) in [5, 5.41) is 6.55. The number of nitrogens with zero attached hydrogens (tertiary/aromatic N) is 4. The van der Waals surface area contributed by atoms with Crippen molar-refractivity contribution < 1.29 is 23.5 Å². The number of ether oxygens (including phenoxy) is 2. The van der Waals surface area contributed by atoms with Crippen molar-refractivity contribution >= 4 is 34.5 Å². The fourth-order valence-corrected chi connectivity index (χ4v) is 4.28. The number of anilines is 2. The second-order valence-electron chi connectivity index (χ2n) is 8.17. The maximum Gasteiger partial charge on any atom is 0.416 e. The largest absolute Gasteiger partial charge is 0.465 e. The molecule has 0 bridgehead atoms. The lowest BCUT2D eigenvalue weighted by Gasteiger charge is -2.18. The van der Waals surface area contributed by atoms with E-state index >= 15 is 0 Å². The van der Waals surface area contributed by atoms with Crippen LogP contribution in [0.4, 0.5) is 20.8 Å². The van der Waals surface area contributed by atoms with Gasteiger partial charge in [0.15, 0.2) is 18.2 Å². The summed E-state index contributed by atoms with van der Waals surface area (Å²) in [7, 11) is 0. The number of rotatable bonds is 7. The SMILES string of the molecule is CCn1c(=O)ccc2ccc(F)c(CCNC[C@H]3CN(c4cnc5c(n4)NC(=O)CO5)C(=O)O3)c21. The number of carbonyl (C=O) groups excluding carboxylic acids is 2. The Bertz CT molecular complexity index is 1380. The van der Waals surface area contributed by atoms with Gasteiger partial charge in [0.1, 0.15) is 11.9 Å². The van der Waals surface area contributed by atoms with Crippen LogP contribution in [0.3, 0.4) is 0 Å². The number of nitrogens with one attached hydrogen (secondary N) is 2. The number of hydrogen-bond acceptors (Lipinski definition) is 8. The third kappa shape index (κ3) is 4.39. The maximum atomic E-state index is 14.7. The second kappa shape index (κ2) is 9.29. The smallest absolute Gasteiger partial charge is 0.416 e. The predicted octanol–water partition coefficient (Wildman–Crippen LogP) is 1.44. The molecule has 11 nitrogen and oxygen atoms in total. The van der Waals surface area contributed by atoms with Crippen molar-refractivity contribution in [2.75, 3.05) is 36.5 Å². The molecule has 3 aromatic rings. The Hall–Kier alpha value is -4.06. The third-order valence-electron chi connectivity index (χ3n) is 5.91. The average Bonchev–Trinajstić information content (AvgIpc) is 3.22. The monoisotopic (exact) mass is 482 g/mol. The highest BCUT2D eigenvalue weighted by atomic mass is 19.1. The Morgan fingerprint density at radius 2 is 2.06 bits per heavy atom. The van der Waals surface area contributed by atoms with E-state index in [0.717, 1.165) is 5.39 Å². The van der Waals surface area contributed by atoms with Crippen molar-refractivity contribution in [2.45, 2.75) is 26.0 Å². The number of benzene rings is 1. The van der Waals surface area contributed by atoms with Crippen molar-refractivity contribution in [1.82, 2.24) is 19.9 Å². The first-order chi connectivity index (χ1) is 16.9. The van der Waals surface area contributed by atoms with Crippen LogP contribution in [0.15, 0.2) is 35.3 Å². The van der Waals surface area contributed by atoms with Crippen LogP contribution in [0.2, 0.25) is 0 Å². The molecule has 2 aliphatic heterocycles. The van der Waals surface area contributed by atoms with Gasteiger partial charge in [0.05, 0.1) is 18.3 Å². The van der Waals surface area contributed by atoms with Gasteiger partial charge in [-0.3, -0.25) is 14.5 Å². The highest BCUT2D eigenvalue weighted by Crippen LogP contribution is 2.27. The summed E-state index contributed by atoms with van der Waals surface area (Å²) in [6.07, 6.45) is 0.690. The zero-order valence-corrected chi connectivity index (χ0v) is 18.9. The van der Waals surface area contributed by atoms with Gasteiger partial charge in [-0.15, -0.1) is 0 Å². The topological polar surface area (TPSA) is 128 Å². The molecule has 0 aliphatic carbocycles. The summed E-state index contributed by atoms with van der Waals surface area (Å²) < 4.78 is 26.8. The lowest BCUT2D eigenvalue weighted by Crippen LogP contribution is -2.33. The summed E-state index contributed by atoms with van der Waals surface area (Å²) in [5.41, 5.74) is 0.893. The van der Waals surface area contributed by atoms with E-state index in [1.165, 1.54) is 23.2 Å². The molecule has 35 heavy (non-hydrogen) atoms. The summed E-state index contributed by atoms with van der Waals surface area (Å²) in [4.78, 5) is 45.8. The molecule has 2 N–H and O–H groups in total. The first-order valence-electron chi connectivity index (χ1n) is 11.2. The predicted molar refractivity (Wildman–Crippen MR) is 124 cm³/mol. The molecule has 1 saturated heterocycles. The van der Waals surface area contributed by atoms with Crippen LogP contribution >= 0.6 is 0 Å². The van der Waals surface area contributed by atoms with Crippen molar-refractivity contribution in [3.63, 3.8) is 0 Å². The van der Waals surface area contributed by atoms with Gasteiger partial charge in [0, 0.05) is 24.7 Å². The number of aromatic nitrogens is 3. The average molecular weight is 482 g/mol. The fourth-order valence-electron chi connectivity index (χ4n) is 4.28.